The Bertz CT molecular complexity index is 1400. The number of benzene rings is 3. The number of ether oxygens (including phenoxy) is 3. The van der Waals surface area contributed by atoms with Crippen LogP contribution in [0.4, 0.5) is 8.78 Å². The van der Waals surface area contributed by atoms with E-state index >= 15 is 0 Å². The van der Waals surface area contributed by atoms with Gasteiger partial charge in [0.25, 0.3) is 6.43 Å². The summed E-state index contributed by atoms with van der Waals surface area (Å²) < 4.78 is 43.4. The minimum Gasteiger partial charge on any atom is -0.493 e. The second-order valence-corrected chi connectivity index (χ2v) is 11.8. The number of rotatable bonds is 17. The minimum atomic E-state index is -2.69. The SMILES string of the molecule is Cc1c(OCCCN2CC[C@@H](O)C2)cccc1-c1cccc(COc2cc(OCC(F)F)c(CNC(CO)CO)cc2Cl)c1Cl. The zero-order valence-corrected chi connectivity index (χ0v) is 26.7. The van der Waals surface area contributed by atoms with Crippen LogP contribution in [0.2, 0.25) is 10.0 Å². The minimum absolute atomic E-state index is 0.0514. The summed E-state index contributed by atoms with van der Waals surface area (Å²) in [5, 5.41) is 32.0. The van der Waals surface area contributed by atoms with Gasteiger partial charge in [-0.2, -0.15) is 0 Å². The molecule has 0 unspecified atom stereocenters. The first-order chi connectivity index (χ1) is 21.7. The van der Waals surface area contributed by atoms with E-state index in [1.54, 1.807) is 0 Å². The number of aliphatic hydroxyl groups is 3. The van der Waals surface area contributed by atoms with Crippen molar-refractivity contribution < 1.29 is 38.3 Å². The van der Waals surface area contributed by atoms with Crippen molar-refractivity contribution in [1.82, 2.24) is 10.2 Å². The van der Waals surface area contributed by atoms with Gasteiger partial charge < -0.3 is 39.7 Å². The van der Waals surface area contributed by atoms with Gasteiger partial charge in [0, 0.05) is 48.9 Å². The maximum atomic E-state index is 13.0. The molecule has 1 heterocycles. The van der Waals surface area contributed by atoms with E-state index < -0.39 is 19.1 Å². The van der Waals surface area contributed by atoms with Gasteiger partial charge in [0.05, 0.1) is 42.0 Å². The Morgan fingerprint density at radius 2 is 1.71 bits per heavy atom. The fourth-order valence-electron chi connectivity index (χ4n) is 5.16. The lowest BCUT2D eigenvalue weighted by Crippen LogP contribution is -2.35. The third-order valence-corrected chi connectivity index (χ3v) is 8.40. The largest absolute Gasteiger partial charge is 0.493 e. The molecule has 12 heteroatoms. The molecule has 3 aromatic rings. The van der Waals surface area contributed by atoms with Crippen molar-refractivity contribution in [2.24, 2.45) is 0 Å². The molecule has 1 fully saturated rings. The van der Waals surface area contributed by atoms with Crippen molar-refractivity contribution in [3.8, 4) is 28.4 Å². The zero-order chi connectivity index (χ0) is 32.3. The van der Waals surface area contributed by atoms with Crippen LogP contribution in [-0.2, 0) is 13.2 Å². The van der Waals surface area contributed by atoms with Gasteiger partial charge in [0.1, 0.15) is 30.5 Å². The van der Waals surface area contributed by atoms with Gasteiger partial charge in [-0.1, -0.05) is 53.5 Å². The second kappa shape index (κ2) is 17.3. The Hall–Kier alpha value is -2.70. The zero-order valence-electron chi connectivity index (χ0n) is 25.2. The monoisotopic (exact) mass is 668 g/mol. The molecule has 45 heavy (non-hydrogen) atoms. The lowest BCUT2D eigenvalue weighted by Gasteiger charge is -2.19. The number of halogens is 4. The van der Waals surface area contributed by atoms with Gasteiger partial charge in [-0.05, 0) is 43.0 Å². The highest BCUT2D eigenvalue weighted by molar-refractivity contribution is 6.34. The molecule has 246 valence electrons. The van der Waals surface area contributed by atoms with Crippen LogP contribution in [0.5, 0.6) is 17.2 Å². The fourth-order valence-corrected chi connectivity index (χ4v) is 5.68. The Morgan fingerprint density at radius 3 is 2.42 bits per heavy atom. The number of hydrogen-bond acceptors (Lipinski definition) is 8. The van der Waals surface area contributed by atoms with E-state index in [1.807, 2.05) is 43.3 Å². The molecule has 3 aromatic carbocycles. The van der Waals surface area contributed by atoms with Crippen molar-refractivity contribution in [3.63, 3.8) is 0 Å². The van der Waals surface area contributed by atoms with Gasteiger partial charge in [-0.25, -0.2) is 8.78 Å². The summed E-state index contributed by atoms with van der Waals surface area (Å²) in [6.07, 6.45) is -1.25. The highest BCUT2D eigenvalue weighted by atomic mass is 35.5. The van der Waals surface area contributed by atoms with Crippen molar-refractivity contribution in [1.29, 1.82) is 0 Å². The molecule has 0 saturated carbocycles. The fraction of sp³-hybridized carbons (Fsp3) is 0.455. The third-order valence-electron chi connectivity index (χ3n) is 7.66. The Labute approximate surface area is 272 Å². The number of hydrogen-bond donors (Lipinski definition) is 4. The Balaban J connectivity index is 1.45. The van der Waals surface area contributed by atoms with E-state index in [2.05, 4.69) is 10.2 Å². The van der Waals surface area contributed by atoms with Crippen LogP contribution in [0.1, 0.15) is 29.5 Å². The summed E-state index contributed by atoms with van der Waals surface area (Å²) in [6.45, 7) is 3.78. The number of nitrogens with zero attached hydrogens (tertiary/aromatic N) is 1. The number of aliphatic hydroxyl groups excluding tert-OH is 3. The van der Waals surface area contributed by atoms with Crippen molar-refractivity contribution in [2.45, 2.75) is 51.5 Å². The third kappa shape index (κ3) is 9.89. The molecule has 1 saturated heterocycles. The molecule has 1 aliphatic rings. The topological polar surface area (TPSA) is 104 Å². The maximum absolute atomic E-state index is 13.0. The average molecular weight is 670 g/mol. The van der Waals surface area contributed by atoms with Gasteiger partial charge in [-0.15, -0.1) is 0 Å². The molecule has 4 N–H and O–H groups in total. The summed E-state index contributed by atoms with van der Waals surface area (Å²) >= 11 is 13.4. The van der Waals surface area contributed by atoms with Gasteiger partial charge >= 0.3 is 0 Å². The van der Waals surface area contributed by atoms with Crippen LogP contribution < -0.4 is 19.5 Å². The number of nitrogens with one attached hydrogen (secondary N) is 1. The first-order valence-corrected chi connectivity index (χ1v) is 15.7. The van der Waals surface area contributed by atoms with E-state index in [0.717, 1.165) is 48.4 Å². The Morgan fingerprint density at radius 1 is 0.956 bits per heavy atom. The summed E-state index contributed by atoms with van der Waals surface area (Å²) in [5.74, 6) is 1.14. The lowest BCUT2D eigenvalue weighted by atomic mass is 9.98. The predicted molar refractivity (Wildman–Crippen MR) is 171 cm³/mol. The van der Waals surface area contributed by atoms with Crippen molar-refractivity contribution in [2.75, 3.05) is 46.1 Å². The normalized spacial score (nSPS) is 15.3. The summed E-state index contributed by atoms with van der Waals surface area (Å²) in [6, 6.07) is 13.9. The smallest absolute Gasteiger partial charge is 0.272 e. The molecule has 1 aliphatic heterocycles. The predicted octanol–water partition coefficient (Wildman–Crippen LogP) is 5.47. The standard InChI is InChI=1S/C33H40Cl2F2N2O6/c1-21-26(6-3-8-29(21)43-12-4-10-39-11-9-25(42)16-39)27-7-2-5-22(33(27)35)19-44-31-14-30(45-20-32(36)37)23(13-28(31)34)15-38-24(17-40)18-41/h2-3,5-8,13-14,24-25,32,38,40-42H,4,9-12,15-20H2,1H3/t25-/m1/s1. The molecule has 0 bridgehead atoms. The van der Waals surface area contributed by atoms with E-state index in [0.29, 0.717) is 29.3 Å². The molecule has 4 rings (SSSR count). The van der Waals surface area contributed by atoms with Gasteiger partial charge in [0.2, 0.25) is 0 Å². The number of likely N-dealkylation sites (tertiary alicyclic amines) is 1. The summed E-state index contributed by atoms with van der Waals surface area (Å²) in [4.78, 5) is 2.24. The average Bonchev–Trinajstić information content (AvgIpc) is 3.44. The Kier molecular flexibility index (Phi) is 13.5. The molecule has 0 spiro atoms. The molecule has 1 atom stereocenters. The van der Waals surface area contributed by atoms with E-state index in [4.69, 9.17) is 37.4 Å². The van der Waals surface area contributed by atoms with Gasteiger partial charge in [-0.3, -0.25) is 0 Å². The second-order valence-electron chi connectivity index (χ2n) is 11.0. The highest BCUT2D eigenvalue weighted by Crippen LogP contribution is 2.38. The van der Waals surface area contributed by atoms with Crippen molar-refractivity contribution in [3.05, 3.63) is 75.3 Å². The molecule has 8 nitrogen and oxygen atoms in total. The molecular formula is C33H40Cl2F2N2O6. The van der Waals surface area contributed by atoms with Crippen LogP contribution in [0.3, 0.4) is 0 Å². The van der Waals surface area contributed by atoms with Crippen molar-refractivity contribution >= 4 is 23.2 Å². The van der Waals surface area contributed by atoms with E-state index in [9.17, 15) is 24.1 Å². The van der Waals surface area contributed by atoms with E-state index in [-0.39, 0.29) is 49.0 Å². The number of alkyl halides is 2. The maximum Gasteiger partial charge on any atom is 0.272 e. The first-order valence-electron chi connectivity index (χ1n) is 14.9. The lowest BCUT2D eigenvalue weighted by molar-refractivity contribution is 0.0811. The highest BCUT2D eigenvalue weighted by Gasteiger charge is 2.20. The molecule has 0 aromatic heterocycles. The number of β-amino-alcohol motifs (C(OH)–C–C–N with tert-alkyl or cyclic N) is 1. The first kappa shape index (κ1) is 35.2. The molecule has 0 amide bonds. The van der Waals surface area contributed by atoms with Gasteiger partial charge in [0.15, 0.2) is 0 Å². The molecule has 0 aliphatic carbocycles. The van der Waals surface area contributed by atoms with Crippen LogP contribution in [0, 0.1) is 6.92 Å². The molecule has 0 radical (unpaired) electrons. The van der Waals surface area contributed by atoms with Crippen LogP contribution >= 0.6 is 23.2 Å². The van der Waals surface area contributed by atoms with Crippen LogP contribution in [0.15, 0.2) is 48.5 Å². The quantitative estimate of drug-likeness (QED) is 0.141. The molecular weight excluding hydrogens is 629 g/mol. The van der Waals surface area contributed by atoms with E-state index in [1.165, 1.54) is 12.1 Å². The summed E-state index contributed by atoms with van der Waals surface area (Å²) in [7, 11) is 0. The van der Waals surface area contributed by atoms with Crippen LogP contribution in [0.25, 0.3) is 11.1 Å². The summed E-state index contributed by atoms with van der Waals surface area (Å²) in [5.41, 5.74) is 3.84. The van der Waals surface area contributed by atoms with Crippen LogP contribution in [-0.4, -0.2) is 84.9 Å².